The smallest absolute Gasteiger partial charge is 0.264 e. The molecule has 1 N–H and O–H groups in total. The van der Waals surface area contributed by atoms with Crippen LogP contribution in [0, 0.1) is 5.82 Å². The Morgan fingerprint density at radius 1 is 0.973 bits per heavy atom. The van der Waals surface area contributed by atoms with Gasteiger partial charge in [-0.15, -0.1) is 0 Å². The highest BCUT2D eigenvalue weighted by Gasteiger charge is 2.33. The Bertz CT molecular complexity index is 1360. The average Bonchev–Trinajstić information content (AvgIpc) is 2.89. The molecule has 3 rings (SSSR count). The second-order valence-corrected chi connectivity index (χ2v) is 10.8. The van der Waals surface area contributed by atoms with Crippen molar-refractivity contribution in [1.82, 2.24) is 10.2 Å². The van der Waals surface area contributed by atoms with Gasteiger partial charge in [-0.05, 0) is 60.5 Å². The van der Waals surface area contributed by atoms with Crippen molar-refractivity contribution in [1.29, 1.82) is 0 Å². The molecule has 0 aliphatic rings. The van der Waals surface area contributed by atoms with E-state index in [1.165, 1.54) is 11.9 Å². The van der Waals surface area contributed by atoms with Crippen LogP contribution in [0.3, 0.4) is 0 Å². The summed E-state index contributed by atoms with van der Waals surface area (Å²) >= 11 is 12.2. The molecule has 3 aromatic carbocycles. The van der Waals surface area contributed by atoms with Crippen LogP contribution in [0.5, 0.6) is 0 Å². The van der Waals surface area contributed by atoms with Gasteiger partial charge in [0.2, 0.25) is 11.8 Å². The van der Waals surface area contributed by atoms with Crippen molar-refractivity contribution in [3.8, 4) is 0 Å². The molecule has 0 aliphatic carbocycles. The number of benzene rings is 3. The predicted molar refractivity (Wildman–Crippen MR) is 143 cm³/mol. The Balaban J connectivity index is 2.04. The lowest BCUT2D eigenvalue weighted by Gasteiger charge is -2.33. The van der Waals surface area contributed by atoms with E-state index in [1.807, 2.05) is 0 Å². The average molecular weight is 566 g/mol. The summed E-state index contributed by atoms with van der Waals surface area (Å²) in [6.07, 6.45) is 0.281. The van der Waals surface area contributed by atoms with Gasteiger partial charge in [-0.25, -0.2) is 12.8 Å². The summed E-state index contributed by atoms with van der Waals surface area (Å²) in [6, 6.07) is 16.4. The summed E-state index contributed by atoms with van der Waals surface area (Å²) in [6.45, 7) is 1.14. The van der Waals surface area contributed by atoms with E-state index in [2.05, 4.69) is 5.32 Å². The Hall–Kier alpha value is -3.14. The van der Waals surface area contributed by atoms with E-state index in [0.29, 0.717) is 10.6 Å². The van der Waals surface area contributed by atoms with Crippen molar-refractivity contribution in [3.63, 3.8) is 0 Å². The van der Waals surface area contributed by atoms with Crippen molar-refractivity contribution >= 4 is 50.7 Å². The number of rotatable bonds is 10. The molecule has 0 spiro atoms. The van der Waals surface area contributed by atoms with Crippen LogP contribution in [0.4, 0.5) is 10.1 Å². The maximum Gasteiger partial charge on any atom is 0.264 e. The number of carbonyl (C=O) groups is 2. The molecule has 0 heterocycles. The van der Waals surface area contributed by atoms with Gasteiger partial charge in [0.1, 0.15) is 18.4 Å². The van der Waals surface area contributed by atoms with Crippen LogP contribution < -0.4 is 9.62 Å². The summed E-state index contributed by atoms with van der Waals surface area (Å²) in [5.41, 5.74) is 0.848. The number of hydrogen-bond donors (Lipinski definition) is 1. The van der Waals surface area contributed by atoms with Crippen molar-refractivity contribution in [2.24, 2.45) is 0 Å². The lowest BCUT2D eigenvalue weighted by Crippen LogP contribution is -2.51. The third-order valence-electron chi connectivity index (χ3n) is 5.69. The fraction of sp³-hybridized carbons (Fsp3) is 0.231. The first-order valence-corrected chi connectivity index (χ1v) is 13.6. The van der Waals surface area contributed by atoms with Crippen LogP contribution in [-0.4, -0.2) is 44.8 Å². The van der Waals surface area contributed by atoms with Gasteiger partial charge in [-0.1, -0.05) is 54.4 Å². The van der Waals surface area contributed by atoms with E-state index in [4.69, 9.17) is 23.2 Å². The molecule has 37 heavy (non-hydrogen) atoms. The highest BCUT2D eigenvalue weighted by molar-refractivity contribution is 7.92. The molecule has 11 heteroatoms. The van der Waals surface area contributed by atoms with Crippen molar-refractivity contribution in [3.05, 3.63) is 94.2 Å². The minimum absolute atomic E-state index is 0.0130. The zero-order valence-electron chi connectivity index (χ0n) is 20.2. The van der Waals surface area contributed by atoms with E-state index in [0.717, 1.165) is 28.6 Å². The third kappa shape index (κ3) is 6.80. The van der Waals surface area contributed by atoms with Gasteiger partial charge < -0.3 is 10.2 Å². The highest BCUT2D eigenvalue weighted by atomic mass is 35.5. The summed E-state index contributed by atoms with van der Waals surface area (Å²) in [4.78, 5) is 27.6. The van der Waals surface area contributed by atoms with Crippen LogP contribution in [0.25, 0.3) is 0 Å². The lowest BCUT2D eigenvalue weighted by molar-refractivity contribution is -0.140. The molecule has 0 radical (unpaired) electrons. The molecule has 0 saturated heterocycles. The molecule has 0 bridgehead atoms. The number of anilines is 1. The van der Waals surface area contributed by atoms with E-state index in [9.17, 15) is 22.4 Å². The maximum absolute atomic E-state index is 13.8. The van der Waals surface area contributed by atoms with E-state index >= 15 is 0 Å². The minimum atomic E-state index is -4.26. The second kappa shape index (κ2) is 12.4. The number of amides is 2. The standard InChI is InChI=1S/C26H26Cl2FN3O4S/c1-3-24(26(34)30-2)31(16-18-9-14-22(27)23(28)15-18)25(33)17-32(20-7-5-4-6-8-20)37(35,36)21-12-10-19(29)11-13-21/h4-15,24H,3,16-17H2,1-2H3,(H,30,34)/t24-/m0/s1. The fourth-order valence-electron chi connectivity index (χ4n) is 3.78. The van der Waals surface area contributed by atoms with Gasteiger partial charge in [0.15, 0.2) is 0 Å². The van der Waals surface area contributed by atoms with Gasteiger partial charge >= 0.3 is 0 Å². The quantitative estimate of drug-likeness (QED) is 0.379. The molecule has 0 aromatic heterocycles. The van der Waals surface area contributed by atoms with Gasteiger partial charge in [0.05, 0.1) is 20.6 Å². The van der Waals surface area contributed by atoms with Crippen LogP contribution in [0.1, 0.15) is 18.9 Å². The molecular weight excluding hydrogens is 540 g/mol. The Morgan fingerprint density at radius 3 is 2.19 bits per heavy atom. The molecular formula is C26H26Cl2FN3O4S. The normalized spacial score (nSPS) is 12.0. The number of para-hydroxylation sites is 1. The number of nitrogens with zero attached hydrogens (tertiary/aromatic N) is 2. The molecule has 0 fully saturated rings. The van der Waals surface area contributed by atoms with Crippen LogP contribution in [0.2, 0.25) is 10.0 Å². The number of nitrogens with one attached hydrogen (secondary N) is 1. The Morgan fingerprint density at radius 2 is 1.62 bits per heavy atom. The third-order valence-corrected chi connectivity index (χ3v) is 8.22. The van der Waals surface area contributed by atoms with Crippen LogP contribution in [-0.2, 0) is 26.2 Å². The Kier molecular flexibility index (Phi) is 9.53. The van der Waals surface area contributed by atoms with Gasteiger partial charge in [-0.3, -0.25) is 13.9 Å². The van der Waals surface area contributed by atoms with Gasteiger partial charge in [0.25, 0.3) is 10.0 Å². The Labute approximate surface area is 225 Å². The van der Waals surface area contributed by atoms with Crippen molar-refractivity contribution < 1.29 is 22.4 Å². The number of sulfonamides is 1. The molecule has 1 atom stereocenters. The van der Waals surface area contributed by atoms with Gasteiger partial charge in [0, 0.05) is 13.6 Å². The van der Waals surface area contributed by atoms with E-state index < -0.39 is 40.2 Å². The van der Waals surface area contributed by atoms with Crippen molar-refractivity contribution in [2.75, 3.05) is 17.9 Å². The number of halogens is 3. The highest BCUT2D eigenvalue weighted by Crippen LogP contribution is 2.26. The number of hydrogen-bond acceptors (Lipinski definition) is 4. The number of carbonyl (C=O) groups excluding carboxylic acids is 2. The molecule has 2 amide bonds. The van der Waals surface area contributed by atoms with E-state index in [-0.39, 0.29) is 28.6 Å². The van der Waals surface area contributed by atoms with Gasteiger partial charge in [-0.2, -0.15) is 0 Å². The summed E-state index contributed by atoms with van der Waals surface area (Å²) in [5, 5.41) is 3.17. The maximum atomic E-state index is 13.8. The number of likely N-dealkylation sites (N-methyl/N-ethyl adjacent to an activating group) is 1. The molecule has 0 aliphatic heterocycles. The minimum Gasteiger partial charge on any atom is -0.357 e. The second-order valence-electron chi connectivity index (χ2n) is 8.11. The SMILES string of the molecule is CC[C@@H](C(=O)NC)N(Cc1ccc(Cl)c(Cl)c1)C(=O)CN(c1ccccc1)S(=O)(=O)c1ccc(F)cc1. The molecule has 0 unspecified atom stereocenters. The molecule has 7 nitrogen and oxygen atoms in total. The molecule has 0 saturated carbocycles. The van der Waals surface area contributed by atoms with Crippen molar-refractivity contribution in [2.45, 2.75) is 30.8 Å². The first kappa shape index (κ1) is 28.4. The lowest BCUT2D eigenvalue weighted by atomic mass is 10.1. The first-order chi connectivity index (χ1) is 17.6. The topological polar surface area (TPSA) is 86.8 Å². The van der Waals surface area contributed by atoms with Crippen LogP contribution >= 0.6 is 23.2 Å². The predicted octanol–water partition coefficient (Wildman–Crippen LogP) is 4.88. The van der Waals surface area contributed by atoms with Crippen LogP contribution in [0.15, 0.2) is 77.7 Å². The summed E-state index contributed by atoms with van der Waals surface area (Å²) in [7, 11) is -2.80. The monoisotopic (exact) mass is 565 g/mol. The zero-order valence-corrected chi connectivity index (χ0v) is 22.5. The molecule has 3 aromatic rings. The molecule has 196 valence electrons. The largest absolute Gasteiger partial charge is 0.357 e. The summed E-state index contributed by atoms with van der Waals surface area (Å²) < 4.78 is 41.6. The van der Waals surface area contributed by atoms with E-state index in [1.54, 1.807) is 55.5 Å². The first-order valence-electron chi connectivity index (χ1n) is 11.4. The zero-order chi connectivity index (χ0) is 27.2. The fourth-order valence-corrected chi connectivity index (χ4v) is 5.51. The summed E-state index contributed by atoms with van der Waals surface area (Å²) in [5.74, 6) is -1.61.